The van der Waals surface area contributed by atoms with Crippen LogP contribution in [0.5, 0.6) is 0 Å². The summed E-state index contributed by atoms with van der Waals surface area (Å²) in [5, 5.41) is 21.5. The van der Waals surface area contributed by atoms with E-state index in [4.69, 9.17) is 11.0 Å². The fourth-order valence-corrected chi connectivity index (χ4v) is 2.45. The molecule has 1 aliphatic rings. The van der Waals surface area contributed by atoms with Gasteiger partial charge in [0, 0.05) is 17.9 Å². The summed E-state index contributed by atoms with van der Waals surface area (Å²) in [6, 6.07) is 7.81. The van der Waals surface area contributed by atoms with E-state index in [0.717, 1.165) is 37.1 Å². The summed E-state index contributed by atoms with van der Waals surface area (Å²) < 4.78 is 0. The highest BCUT2D eigenvalue weighted by Gasteiger charge is 2.22. The maximum absolute atomic E-state index is 9.47. The predicted molar refractivity (Wildman–Crippen MR) is 72.0 cm³/mol. The molecule has 0 heterocycles. The van der Waals surface area contributed by atoms with Crippen LogP contribution in [0, 0.1) is 17.2 Å². The van der Waals surface area contributed by atoms with Crippen LogP contribution in [0.15, 0.2) is 18.2 Å². The Labute approximate surface area is 107 Å². The van der Waals surface area contributed by atoms with E-state index in [1.165, 1.54) is 0 Å². The third-order valence-electron chi connectivity index (χ3n) is 3.52. The first-order chi connectivity index (χ1) is 8.69. The third kappa shape index (κ3) is 3.14. The molecule has 2 atom stereocenters. The van der Waals surface area contributed by atoms with Crippen molar-refractivity contribution in [2.24, 2.45) is 5.92 Å². The van der Waals surface area contributed by atoms with Gasteiger partial charge >= 0.3 is 0 Å². The van der Waals surface area contributed by atoms with Crippen molar-refractivity contribution in [3.05, 3.63) is 23.8 Å². The molecule has 18 heavy (non-hydrogen) atoms. The van der Waals surface area contributed by atoms with Crippen LogP contribution in [0.3, 0.4) is 0 Å². The van der Waals surface area contributed by atoms with Crippen LogP contribution in [-0.2, 0) is 6.42 Å². The number of anilines is 2. The molecule has 0 aromatic heterocycles. The van der Waals surface area contributed by atoms with E-state index < -0.39 is 0 Å². The van der Waals surface area contributed by atoms with E-state index in [2.05, 4.69) is 11.4 Å². The van der Waals surface area contributed by atoms with Gasteiger partial charge in [-0.25, -0.2) is 0 Å². The van der Waals surface area contributed by atoms with Crippen molar-refractivity contribution in [1.82, 2.24) is 0 Å². The minimum Gasteiger partial charge on any atom is -0.398 e. The van der Waals surface area contributed by atoms with Gasteiger partial charge in [0.05, 0.1) is 18.6 Å². The molecule has 0 spiro atoms. The first kappa shape index (κ1) is 12.7. The van der Waals surface area contributed by atoms with Crippen molar-refractivity contribution in [2.75, 3.05) is 17.6 Å². The van der Waals surface area contributed by atoms with Gasteiger partial charge in [-0.05, 0) is 48.9 Å². The molecular weight excluding hydrogens is 226 g/mol. The molecule has 1 saturated carbocycles. The zero-order valence-corrected chi connectivity index (χ0v) is 10.4. The number of nitrogens with two attached hydrogens (primary N) is 1. The summed E-state index contributed by atoms with van der Waals surface area (Å²) in [4.78, 5) is 0. The van der Waals surface area contributed by atoms with Gasteiger partial charge in [-0.1, -0.05) is 0 Å². The van der Waals surface area contributed by atoms with Gasteiger partial charge in [0.25, 0.3) is 0 Å². The molecule has 96 valence electrons. The molecule has 1 aliphatic carbocycles. The second-order valence-corrected chi connectivity index (χ2v) is 4.96. The SMILES string of the molecule is N#CCc1cc(NCC2CCC(O)C2)ccc1N. The molecular formula is C14H19N3O. The molecule has 2 unspecified atom stereocenters. The van der Waals surface area contributed by atoms with Gasteiger partial charge in [0.15, 0.2) is 0 Å². The topological polar surface area (TPSA) is 82.1 Å². The Kier molecular flexibility index (Phi) is 4.06. The number of aliphatic hydroxyl groups excluding tert-OH is 1. The lowest BCUT2D eigenvalue weighted by atomic mass is 10.1. The first-order valence-corrected chi connectivity index (χ1v) is 6.36. The van der Waals surface area contributed by atoms with Gasteiger partial charge in [0.1, 0.15) is 0 Å². The zero-order chi connectivity index (χ0) is 13.0. The van der Waals surface area contributed by atoms with Crippen molar-refractivity contribution in [2.45, 2.75) is 31.8 Å². The number of aliphatic hydroxyl groups is 1. The van der Waals surface area contributed by atoms with Crippen molar-refractivity contribution < 1.29 is 5.11 Å². The predicted octanol–water partition coefficient (Wildman–Crippen LogP) is 1.91. The summed E-state index contributed by atoms with van der Waals surface area (Å²) >= 11 is 0. The van der Waals surface area contributed by atoms with E-state index in [-0.39, 0.29) is 6.10 Å². The molecule has 0 saturated heterocycles. The molecule has 1 fully saturated rings. The number of rotatable bonds is 4. The Balaban J connectivity index is 1.93. The molecule has 4 heteroatoms. The normalized spacial score (nSPS) is 22.7. The average Bonchev–Trinajstić information content (AvgIpc) is 2.76. The summed E-state index contributed by atoms with van der Waals surface area (Å²) in [5.41, 5.74) is 8.33. The van der Waals surface area contributed by atoms with E-state index in [1.807, 2.05) is 18.2 Å². The molecule has 4 N–H and O–H groups in total. The van der Waals surface area contributed by atoms with Crippen LogP contribution < -0.4 is 11.1 Å². The van der Waals surface area contributed by atoms with Crippen LogP contribution >= 0.6 is 0 Å². The highest BCUT2D eigenvalue weighted by Crippen LogP contribution is 2.26. The fourth-order valence-electron chi connectivity index (χ4n) is 2.45. The Hall–Kier alpha value is -1.73. The molecule has 1 aromatic carbocycles. The summed E-state index contributed by atoms with van der Waals surface area (Å²) in [6.07, 6.45) is 3.08. The fraction of sp³-hybridized carbons (Fsp3) is 0.500. The van der Waals surface area contributed by atoms with Crippen LogP contribution in [-0.4, -0.2) is 17.8 Å². The zero-order valence-electron chi connectivity index (χ0n) is 10.4. The number of nitrogen functional groups attached to an aromatic ring is 1. The minimum absolute atomic E-state index is 0.127. The molecule has 0 radical (unpaired) electrons. The molecule has 4 nitrogen and oxygen atoms in total. The van der Waals surface area contributed by atoms with Gasteiger partial charge in [0.2, 0.25) is 0 Å². The standard InChI is InChI=1S/C14H19N3O/c15-6-5-11-8-12(2-4-14(11)16)17-9-10-1-3-13(18)7-10/h2,4,8,10,13,17-18H,1,3,5,7,9,16H2. The molecule has 2 rings (SSSR count). The third-order valence-corrected chi connectivity index (χ3v) is 3.52. The Morgan fingerprint density at radius 2 is 2.28 bits per heavy atom. The minimum atomic E-state index is -0.127. The molecule has 0 amide bonds. The smallest absolute Gasteiger partial charge is 0.0670 e. The first-order valence-electron chi connectivity index (χ1n) is 6.36. The quantitative estimate of drug-likeness (QED) is 0.708. The Morgan fingerprint density at radius 3 is 2.94 bits per heavy atom. The lowest BCUT2D eigenvalue weighted by molar-refractivity contribution is 0.178. The summed E-state index contributed by atoms with van der Waals surface area (Å²) in [5.74, 6) is 0.539. The van der Waals surface area contributed by atoms with Crippen molar-refractivity contribution in [3.63, 3.8) is 0 Å². The van der Waals surface area contributed by atoms with E-state index in [0.29, 0.717) is 18.0 Å². The number of nitrogens with zero attached hydrogens (tertiary/aromatic N) is 1. The van der Waals surface area contributed by atoms with Crippen LogP contribution in [0.4, 0.5) is 11.4 Å². The number of nitrogens with one attached hydrogen (secondary N) is 1. The highest BCUT2D eigenvalue weighted by molar-refractivity contribution is 5.58. The lowest BCUT2D eigenvalue weighted by Gasteiger charge is -2.13. The molecule has 0 aliphatic heterocycles. The summed E-state index contributed by atoms with van der Waals surface area (Å²) in [6.45, 7) is 0.868. The largest absolute Gasteiger partial charge is 0.398 e. The average molecular weight is 245 g/mol. The van der Waals surface area contributed by atoms with Crippen LogP contribution in [0.25, 0.3) is 0 Å². The van der Waals surface area contributed by atoms with E-state index in [9.17, 15) is 5.11 Å². The van der Waals surface area contributed by atoms with Gasteiger partial charge in [-0.3, -0.25) is 0 Å². The lowest BCUT2D eigenvalue weighted by Crippen LogP contribution is -2.12. The van der Waals surface area contributed by atoms with Crippen molar-refractivity contribution in [1.29, 1.82) is 5.26 Å². The van der Waals surface area contributed by atoms with Crippen LogP contribution in [0.1, 0.15) is 24.8 Å². The monoisotopic (exact) mass is 245 g/mol. The number of benzene rings is 1. The van der Waals surface area contributed by atoms with Gasteiger partial charge in [-0.15, -0.1) is 0 Å². The van der Waals surface area contributed by atoms with Crippen molar-refractivity contribution in [3.8, 4) is 6.07 Å². The maximum Gasteiger partial charge on any atom is 0.0670 e. The summed E-state index contributed by atoms with van der Waals surface area (Å²) in [7, 11) is 0. The highest BCUT2D eigenvalue weighted by atomic mass is 16.3. The number of hydrogen-bond acceptors (Lipinski definition) is 4. The molecule has 0 bridgehead atoms. The van der Waals surface area contributed by atoms with Gasteiger partial charge in [-0.2, -0.15) is 5.26 Å². The van der Waals surface area contributed by atoms with E-state index in [1.54, 1.807) is 0 Å². The second-order valence-electron chi connectivity index (χ2n) is 4.96. The van der Waals surface area contributed by atoms with Crippen molar-refractivity contribution >= 4 is 11.4 Å². The van der Waals surface area contributed by atoms with E-state index >= 15 is 0 Å². The second kappa shape index (κ2) is 5.74. The molecule has 1 aromatic rings. The van der Waals surface area contributed by atoms with Gasteiger partial charge < -0.3 is 16.2 Å². The maximum atomic E-state index is 9.47. The Bertz CT molecular complexity index is 453. The van der Waals surface area contributed by atoms with Crippen LogP contribution in [0.2, 0.25) is 0 Å². The number of hydrogen-bond donors (Lipinski definition) is 3. The Morgan fingerprint density at radius 1 is 1.44 bits per heavy atom. The number of nitriles is 1.